The maximum absolute atomic E-state index is 13.3. The monoisotopic (exact) mass is 365 g/mol. The van der Waals surface area contributed by atoms with Crippen molar-refractivity contribution in [2.24, 2.45) is 0 Å². The van der Waals surface area contributed by atoms with E-state index in [2.05, 4.69) is 20.6 Å². The fraction of sp³-hybridized carbons (Fsp3) is 0.0526. The third-order valence-corrected chi connectivity index (χ3v) is 3.51. The Hall–Kier alpha value is -3.86. The minimum Gasteiger partial charge on any atom is -0.340 e. The zero-order valence-corrected chi connectivity index (χ0v) is 14.1. The van der Waals surface area contributed by atoms with E-state index in [1.54, 1.807) is 25.1 Å². The second-order valence-corrected chi connectivity index (χ2v) is 5.59. The van der Waals surface area contributed by atoms with Gasteiger partial charge < -0.3 is 10.6 Å². The van der Waals surface area contributed by atoms with Gasteiger partial charge in [-0.3, -0.25) is 4.79 Å². The molecule has 0 saturated heterocycles. The van der Waals surface area contributed by atoms with Gasteiger partial charge in [-0.2, -0.15) is 5.26 Å². The number of aryl methyl sites for hydroxylation is 1. The number of anilines is 3. The summed E-state index contributed by atoms with van der Waals surface area (Å²) in [7, 11) is 0. The van der Waals surface area contributed by atoms with Crippen molar-refractivity contribution in [1.29, 1.82) is 5.26 Å². The smallest absolute Gasteiger partial charge is 0.274 e. The van der Waals surface area contributed by atoms with Gasteiger partial charge in [-0.15, -0.1) is 0 Å². The Morgan fingerprint density at radius 1 is 1.04 bits per heavy atom. The van der Waals surface area contributed by atoms with Gasteiger partial charge in [0.2, 0.25) is 0 Å². The van der Waals surface area contributed by atoms with Crippen LogP contribution in [0.15, 0.2) is 48.5 Å². The van der Waals surface area contributed by atoms with E-state index in [0.717, 1.165) is 12.1 Å². The summed E-state index contributed by atoms with van der Waals surface area (Å²) in [5.41, 5.74) is 1.22. The van der Waals surface area contributed by atoms with E-state index in [4.69, 9.17) is 5.26 Å². The van der Waals surface area contributed by atoms with Gasteiger partial charge in [0.05, 0.1) is 11.6 Å². The lowest BCUT2D eigenvalue weighted by Crippen LogP contribution is -2.15. The van der Waals surface area contributed by atoms with Crippen molar-refractivity contribution in [3.05, 3.63) is 77.2 Å². The van der Waals surface area contributed by atoms with E-state index >= 15 is 0 Å². The molecule has 0 atom stereocenters. The van der Waals surface area contributed by atoms with Gasteiger partial charge in [0.15, 0.2) is 11.6 Å². The van der Waals surface area contributed by atoms with Gasteiger partial charge in [0, 0.05) is 23.5 Å². The van der Waals surface area contributed by atoms with Crippen molar-refractivity contribution < 1.29 is 13.6 Å². The lowest BCUT2D eigenvalue weighted by molar-refractivity contribution is 0.102. The largest absolute Gasteiger partial charge is 0.340 e. The van der Waals surface area contributed by atoms with Crippen molar-refractivity contribution in [1.82, 2.24) is 9.97 Å². The van der Waals surface area contributed by atoms with Gasteiger partial charge in [-0.1, -0.05) is 6.07 Å². The molecule has 3 aromatic rings. The van der Waals surface area contributed by atoms with Crippen LogP contribution in [0.4, 0.5) is 26.0 Å². The number of hydrogen-bond donors (Lipinski definition) is 2. The SMILES string of the molecule is Cc1nc(Nc2ccc(F)c(F)c2)cc(C(=O)Nc2cccc(C#N)c2)n1. The van der Waals surface area contributed by atoms with Crippen molar-refractivity contribution in [3.8, 4) is 6.07 Å². The molecule has 3 rings (SSSR count). The van der Waals surface area contributed by atoms with Crippen LogP contribution >= 0.6 is 0 Å². The molecule has 2 N–H and O–H groups in total. The van der Waals surface area contributed by atoms with Crippen LogP contribution in [-0.4, -0.2) is 15.9 Å². The van der Waals surface area contributed by atoms with Crippen LogP contribution in [0, 0.1) is 29.9 Å². The van der Waals surface area contributed by atoms with E-state index < -0.39 is 17.5 Å². The molecule has 0 fully saturated rings. The molecule has 134 valence electrons. The molecule has 0 radical (unpaired) electrons. The fourth-order valence-corrected chi connectivity index (χ4v) is 2.33. The standard InChI is InChI=1S/C19H13F2N5O/c1-11-23-17(19(27)26-13-4-2-3-12(7-13)10-22)9-18(24-11)25-14-5-6-15(20)16(21)8-14/h2-9H,1H3,(H,26,27)(H,23,24,25). The summed E-state index contributed by atoms with van der Waals surface area (Å²) in [6, 6.07) is 13.1. The summed E-state index contributed by atoms with van der Waals surface area (Å²) in [5.74, 6) is -1.88. The Morgan fingerprint density at radius 3 is 2.59 bits per heavy atom. The van der Waals surface area contributed by atoms with Crippen LogP contribution in [-0.2, 0) is 0 Å². The highest BCUT2D eigenvalue weighted by Gasteiger charge is 2.12. The number of benzene rings is 2. The predicted molar refractivity (Wildman–Crippen MR) is 95.5 cm³/mol. The lowest BCUT2D eigenvalue weighted by Gasteiger charge is -2.09. The van der Waals surface area contributed by atoms with Crippen molar-refractivity contribution >= 4 is 23.1 Å². The third-order valence-electron chi connectivity index (χ3n) is 3.51. The normalized spacial score (nSPS) is 10.1. The van der Waals surface area contributed by atoms with E-state index in [0.29, 0.717) is 17.1 Å². The number of halogens is 2. The maximum atomic E-state index is 13.3. The molecule has 1 aromatic heterocycles. The highest BCUT2D eigenvalue weighted by Crippen LogP contribution is 2.19. The van der Waals surface area contributed by atoms with E-state index in [1.165, 1.54) is 18.2 Å². The highest BCUT2D eigenvalue weighted by atomic mass is 19.2. The van der Waals surface area contributed by atoms with Crippen LogP contribution < -0.4 is 10.6 Å². The number of carbonyl (C=O) groups is 1. The van der Waals surface area contributed by atoms with Gasteiger partial charge in [-0.25, -0.2) is 18.7 Å². The quantitative estimate of drug-likeness (QED) is 0.731. The van der Waals surface area contributed by atoms with Crippen molar-refractivity contribution in [2.45, 2.75) is 6.92 Å². The van der Waals surface area contributed by atoms with Crippen LogP contribution in [0.3, 0.4) is 0 Å². The number of aromatic nitrogens is 2. The van der Waals surface area contributed by atoms with Gasteiger partial charge >= 0.3 is 0 Å². The van der Waals surface area contributed by atoms with E-state index in [1.807, 2.05) is 6.07 Å². The zero-order chi connectivity index (χ0) is 19.4. The van der Waals surface area contributed by atoms with Crippen LogP contribution in [0.2, 0.25) is 0 Å². The molecular weight excluding hydrogens is 352 g/mol. The van der Waals surface area contributed by atoms with Crippen LogP contribution in [0.5, 0.6) is 0 Å². The Balaban J connectivity index is 1.82. The minimum atomic E-state index is -0.999. The maximum Gasteiger partial charge on any atom is 0.274 e. The first-order valence-electron chi connectivity index (χ1n) is 7.84. The number of carbonyl (C=O) groups excluding carboxylic acids is 1. The minimum absolute atomic E-state index is 0.0787. The average molecular weight is 365 g/mol. The van der Waals surface area contributed by atoms with Gasteiger partial charge in [0.1, 0.15) is 17.3 Å². The number of nitrogens with zero attached hydrogens (tertiary/aromatic N) is 3. The number of hydrogen-bond acceptors (Lipinski definition) is 5. The number of rotatable bonds is 4. The molecule has 0 saturated carbocycles. The third kappa shape index (κ3) is 4.41. The molecule has 0 aliphatic carbocycles. The second kappa shape index (κ2) is 7.58. The zero-order valence-electron chi connectivity index (χ0n) is 14.1. The summed E-state index contributed by atoms with van der Waals surface area (Å²) in [6.07, 6.45) is 0. The lowest BCUT2D eigenvalue weighted by atomic mass is 10.2. The molecule has 0 aliphatic rings. The van der Waals surface area contributed by atoms with E-state index in [-0.39, 0.29) is 17.2 Å². The molecule has 2 aromatic carbocycles. The highest BCUT2D eigenvalue weighted by molar-refractivity contribution is 6.03. The molecule has 0 unspecified atom stereocenters. The van der Waals surface area contributed by atoms with Crippen molar-refractivity contribution in [2.75, 3.05) is 10.6 Å². The number of nitrogens with one attached hydrogen (secondary N) is 2. The number of amides is 1. The Kier molecular flexibility index (Phi) is 5.04. The molecule has 6 nitrogen and oxygen atoms in total. The first kappa shape index (κ1) is 17.9. The summed E-state index contributed by atoms with van der Waals surface area (Å²) in [4.78, 5) is 20.7. The molecule has 8 heteroatoms. The summed E-state index contributed by atoms with van der Waals surface area (Å²) >= 11 is 0. The Labute approximate surface area is 153 Å². The molecule has 0 bridgehead atoms. The topological polar surface area (TPSA) is 90.7 Å². The Morgan fingerprint density at radius 2 is 1.85 bits per heavy atom. The number of nitriles is 1. The molecule has 0 spiro atoms. The van der Waals surface area contributed by atoms with Crippen molar-refractivity contribution in [3.63, 3.8) is 0 Å². The fourth-order valence-electron chi connectivity index (χ4n) is 2.33. The predicted octanol–water partition coefficient (Wildman–Crippen LogP) is 3.93. The molecular formula is C19H13F2N5O. The average Bonchev–Trinajstić information content (AvgIpc) is 2.64. The van der Waals surface area contributed by atoms with Gasteiger partial charge in [0.25, 0.3) is 5.91 Å². The van der Waals surface area contributed by atoms with Crippen LogP contribution in [0.1, 0.15) is 21.9 Å². The van der Waals surface area contributed by atoms with E-state index in [9.17, 15) is 13.6 Å². The second-order valence-electron chi connectivity index (χ2n) is 5.59. The molecule has 1 amide bonds. The summed E-state index contributed by atoms with van der Waals surface area (Å²) < 4.78 is 26.4. The molecule has 0 aliphatic heterocycles. The Bertz CT molecular complexity index is 1060. The first-order valence-corrected chi connectivity index (χ1v) is 7.84. The summed E-state index contributed by atoms with van der Waals surface area (Å²) in [6.45, 7) is 1.60. The van der Waals surface area contributed by atoms with Gasteiger partial charge in [-0.05, 0) is 37.3 Å². The molecule has 1 heterocycles. The summed E-state index contributed by atoms with van der Waals surface area (Å²) in [5, 5.41) is 14.4. The van der Waals surface area contributed by atoms with Crippen LogP contribution in [0.25, 0.3) is 0 Å². The first-order chi connectivity index (χ1) is 12.9. The molecule has 27 heavy (non-hydrogen) atoms.